The molecule has 0 aromatic heterocycles. The van der Waals surface area contributed by atoms with Gasteiger partial charge in [-0.05, 0) is 17.5 Å². The Balaban J connectivity index is 1.80. The van der Waals surface area contributed by atoms with Crippen LogP contribution in [0.5, 0.6) is 0 Å². The van der Waals surface area contributed by atoms with Crippen molar-refractivity contribution >= 4 is 11.9 Å². The summed E-state index contributed by atoms with van der Waals surface area (Å²) in [5, 5.41) is 5.37. The quantitative estimate of drug-likeness (QED) is 0.726. The largest absolute Gasteiger partial charge is 0.368 e. The van der Waals surface area contributed by atoms with Crippen molar-refractivity contribution < 1.29 is 9.59 Å². The Labute approximate surface area is 135 Å². The Morgan fingerprint density at radius 3 is 2.04 bits per heavy atom. The Bertz CT molecular complexity index is 629. The molecular weight excluding hydrogens is 290 g/mol. The minimum atomic E-state index is -0.728. The summed E-state index contributed by atoms with van der Waals surface area (Å²) in [5.74, 6) is -0.549. The van der Waals surface area contributed by atoms with Crippen LogP contribution in [0, 0.1) is 0 Å². The molecule has 0 unspecified atom stereocenters. The maximum absolute atomic E-state index is 11.9. The highest BCUT2D eigenvalue weighted by atomic mass is 16.2. The van der Waals surface area contributed by atoms with E-state index in [0.29, 0.717) is 13.0 Å². The van der Waals surface area contributed by atoms with Crippen LogP contribution in [0.25, 0.3) is 0 Å². The molecule has 5 nitrogen and oxygen atoms in total. The van der Waals surface area contributed by atoms with Crippen molar-refractivity contribution in [2.45, 2.75) is 18.9 Å². The molecule has 2 aromatic carbocycles. The molecule has 0 saturated carbocycles. The topological polar surface area (TPSA) is 84.2 Å². The van der Waals surface area contributed by atoms with Crippen molar-refractivity contribution in [1.82, 2.24) is 10.6 Å². The number of hydrogen-bond donors (Lipinski definition) is 3. The van der Waals surface area contributed by atoms with E-state index in [2.05, 4.69) is 10.6 Å². The summed E-state index contributed by atoms with van der Waals surface area (Å²) in [6.07, 6.45) is 1.11. The molecule has 0 heterocycles. The van der Waals surface area contributed by atoms with Gasteiger partial charge in [-0.25, -0.2) is 4.79 Å². The fraction of sp³-hybridized carbons (Fsp3) is 0.222. The SMILES string of the molecule is NC(=O)[C@@H](Cc1ccccc1)NC(=O)NCCc1ccccc1. The van der Waals surface area contributed by atoms with Crippen LogP contribution in [-0.2, 0) is 17.6 Å². The van der Waals surface area contributed by atoms with Gasteiger partial charge in [-0.1, -0.05) is 60.7 Å². The van der Waals surface area contributed by atoms with E-state index in [0.717, 1.165) is 17.5 Å². The molecule has 2 rings (SSSR count). The van der Waals surface area contributed by atoms with Crippen LogP contribution in [0.15, 0.2) is 60.7 Å². The summed E-state index contributed by atoms with van der Waals surface area (Å²) >= 11 is 0. The number of nitrogens with two attached hydrogens (primary N) is 1. The van der Waals surface area contributed by atoms with Crippen LogP contribution in [0.3, 0.4) is 0 Å². The zero-order valence-electron chi connectivity index (χ0n) is 12.9. The van der Waals surface area contributed by atoms with Crippen molar-refractivity contribution in [2.24, 2.45) is 5.73 Å². The molecule has 4 N–H and O–H groups in total. The molecule has 5 heteroatoms. The van der Waals surface area contributed by atoms with E-state index < -0.39 is 11.9 Å². The lowest BCUT2D eigenvalue weighted by Gasteiger charge is -2.16. The minimum absolute atomic E-state index is 0.377. The fourth-order valence-electron chi connectivity index (χ4n) is 2.25. The molecule has 0 radical (unpaired) electrons. The molecule has 0 aliphatic rings. The number of carbonyl (C=O) groups is 2. The third kappa shape index (κ3) is 5.82. The average molecular weight is 311 g/mol. The Kier molecular flexibility index (Phi) is 6.17. The van der Waals surface area contributed by atoms with Gasteiger partial charge in [0.15, 0.2) is 0 Å². The second-order valence-electron chi connectivity index (χ2n) is 5.28. The molecule has 120 valence electrons. The number of amides is 3. The molecule has 2 aromatic rings. The van der Waals surface area contributed by atoms with Crippen LogP contribution >= 0.6 is 0 Å². The zero-order chi connectivity index (χ0) is 16.5. The first-order chi connectivity index (χ1) is 11.1. The van der Waals surface area contributed by atoms with Crippen molar-refractivity contribution in [3.8, 4) is 0 Å². The summed E-state index contributed by atoms with van der Waals surface area (Å²) in [6, 6.07) is 18.2. The van der Waals surface area contributed by atoms with E-state index in [1.54, 1.807) is 0 Å². The molecule has 3 amide bonds. The van der Waals surface area contributed by atoms with Crippen molar-refractivity contribution in [3.05, 3.63) is 71.8 Å². The lowest BCUT2D eigenvalue weighted by molar-refractivity contribution is -0.119. The summed E-state index contributed by atoms with van der Waals surface area (Å²) in [6.45, 7) is 0.493. The molecule has 1 atom stereocenters. The normalized spacial score (nSPS) is 11.5. The van der Waals surface area contributed by atoms with Gasteiger partial charge in [0.25, 0.3) is 0 Å². The number of carbonyl (C=O) groups excluding carboxylic acids is 2. The van der Waals surface area contributed by atoms with Gasteiger partial charge in [-0.3, -0.25) is 4.79 Å². The number of nitrogens with one attached hydrogen (secondary N) is 2. The van der Waals surface area contributed by atoms with E-state index in [-0.39, 0.29) is 6.03 Å². The number of urea groups is 1. The van der Waals surface area contributed by atoms with Gasteiger partial charge >= 0.3 is 6.03 Å². The third-order valence-electron chi connectivity index (χ3n) is 3.47. The summed E-state index contributed by atoms with van der Waals surface area (Å²) < 4.78 is 0. The van der Waals surface area contributed by atoms with Crippen molar-refractivity contribution in [3.63, 3.8) is 0 Å². The Hall–Kier alpha value is -2.82. The second kappa shape index (κ2) is 8.58. The third-order valence-corrected chi connectivity index (χ3v) is 3.47. The first kappa shape index (κ1) is 16.5. The van der Waals surface area contributed by atoms with Crippen molar-refractivity contribution in [2.75, 3.05) is 6.54 Å². The predicted molar refractivity (Wildman–Crippen MR) is 89.8 cm³/mol. The summed E-state index contributed by atoms with van der Waals surface area (Å²) in [4.78, 5) is 23.4. The van der Waals surface area contributed by atoms with Crippen LogP contribution in [-0.4, -0.2) is 24.5 Å². The highest BCUT2D eigenvalue weighted by molar-refractivity contribution is 5.86. The first-order valence-corrected chi connectivity index (χ1v) is 7.56. The van der Waals surface area contributed by atoms with Crippen LogP contribution in [0.1, 0.15) is 11.1 Å². The molecule has 0 spiro atoms. The highest BCUT2D eigenvalue weighted by Crippen LogP contribution is 2.03. The Morgan fingerprint density at radius 2 is 1.48 bits per heavy atom. The van der Waals surface area contributed by atoms with Gasteiger partial charge < -0.3 is 16.4 Å². The molecule has 0 fully saturated rings. The maximum Gasteiger partial charge on any atom is 0.315 e. The average Bonchev–Trinajstić information content (AvgIpc) is 2.56. The maximum atomic E-state index is 11.9. The molecule has 0 aliphatic heterocycles. The lowest BCUT2D eigenvalue weighted by Crippen LogP contribution is -2.49. The number of benzene rings is 2. The van der Waals surface area contributed by atoms with E-state index in [1.165, 1.54) is 0 Å². The summed E-state index contributed by atoms with van der Waals surface area (Å²) in [7, 11) is 0. The van der Waals surface area contributed by atoms with Gasteiger partial charge in [0, 0.05) is 13.0 Å². The minimum Gasteiger partial charge on any atom is -0.368 e. The second-order valence-corrected chi connectivity index (χ2v) is 5.28. The fourth-order valence-corrected chi connectivity index (χ4v) is 2.25. The van der Waals surface area contributed by atoms with E-state index >= 15 is 0 Å². The molecule has 0 saturated heterocycles. The first-order valence-electron chi connectivity index (χ1n) is 7.56. The summed E-state index contributed by atoms with van der Waals surface area (Å²) in [5.41, 5.74) is 7.46. The predicted octanol–water partition coefficient (Wildman–Crippen LogP) is 1.62. The standard InChI is InChI=1S/C18H21N3O2/c19-17(22)16(13-15-9-5-2-6-10-15)21-18(23)20-12-11-14-7-3-1-4-8-14/h1-10,16H,11-13H2,(H2,19,22)(H2,20,21,23)/t16-/m1/s1. The van der Waals surface area contributed by atoms with Gasteiger partial charge in [0.2, 0.25) is 5.91 Å². The molecular formula is C18H21N3O2. The monoisotopic (exact) mass is 311 g/mol. The van der Waals surface area contributed by atoms with Crippen LogP contribution in [0.4, 0.5) is 4.79 Å². The molecule has 0 aliphatic carbocycles. The number of rotatable bonds is 7. The van der Waals surface area contributed by atoms with Gasteiger partial charge in [0.1, 0.15) is 6.04 Å². The van der Waals surface area contributed by atoms with Crippen molar-refractivity contribution in [1.29, 1.82) is 0 Å². The molecule has 0 bridgehead atoms. The Morgan fingerprint density at radius 1 is 0.913 bits per heavy atom. The smallest absolute Gasteiger partial charge is 0.315 e. The number of primary amides is 1. The number of hydrogen-bond acceptors (Lipinski definition) is 2. The zero-order valence-corrected chi connectivity index (χ0v) is 12.9. The highest BCUT2D eigenvalue weighted by Gasteiger charge is 2.18. The van der Waals surface area contributed by atoms with E-state index in [1.807, 2.05) is 60.7 Å². The van der Waals surface area contributed by atoms with Gasteiger partial charge in [-0.15, -0.1) is 0 Å². The molecule has 23 heavy (non-hydrogen) atoms. The van der Waals surface area contributed by atoms with Gasteiger partial charge in [-0.2, -0.15) is 0 Å². The van der Waals surface area contributed by atoms with Gasteiger partial charge in [0.05, 0.1) is 0 Å². The van der Waals surface area contributed by atoms with Crippen LogP contribution < -0.4 is 16.4 Å². The van der Waals surface area contributed by atoms with E-state index in [4.69, 9.17) is 5.73 Å². The van der Waals surface area contributed by atoms with E-state index in [9.17, 15) is 9.59 Å². The van der Waals surface area contributed by atoms with Crippen LogP contribution in [0.2, 0.25) is 0 Å². The lowest BCUT2D eigenvalue weighted by atomic mass is 10.1.